The lowest BCUT2D eigenvalue weighted by Crippen LogP contribution is -2.43. The fourth-order valence-corrected chi connectivity index (χ4v) is 4.96. The fraction of sp³-hybridized carbons (Fsp3) is 0.423. The Bertz CT molecular complexity index is 1110. The lowest BCUT2D eigenvalue weighted by molar-refractivity contribution is -0.123. The van der Waals surface area contributed by atoms with Crippen LogP contribution in [-0.4, -0.2) is 40.1 Å². The van der Waals surface area contributed by atoms with Gasteiger partial charge in [-0.15, -0.1) is 0 Å². The van der Waals surface area contributed by atoms with E-state index in [-0.39, 0.29) is 11.9 Å². The largest absolute Gasteiger partial charge is 0.491 e. The van der Waals surface area contributed by atoms with Crippen molar-refractivity contribution in [3.05, 3.63) is 60.4 Å². The first-order valence-electron chi connectivity index (χ1n) is 12.2. The average molecular weight is 461 g/mol. The van der Waals surface area contributed by atoms with E-state index < -0.39 is 6.04 Å². The van der Waals surface area contributed by atoms with Crippen molar-refractivity contribution in [1.29, 1.82) is 0 Å². The number of anilines is 2. The van der Waals surface area contributed by atoms with Crippen LogP contribution in [0.25, 0.3) is 5.82 Å². The van der Waals surface area contributed by atoms with Crippen molar-refractivity contribution in [2.45, 2.75) is 50.6 Å². The maximum absolute atomic E-state index is 13.6. The SMILES string of the molecule is CNc1nc(N[C@H](CC2CCCCC2)C(=O)NC2COc3ccccc32)cc(-n2cccc2)n1. The highest BCUT2D eigenvalue weighted by atomic mass is 16.5. The first kappa shape index (κ1) is 22.3. The van der Waals surface area contributed by atoms with Gasteiger partial charge >= 0.3 is 0 Å². The van der Waals surface area contributed by atoms with E-state index >= 15 is 0 Å². The van der Waals surface area contributed by atoms with Crippen molar-refractivity contribution in [2.75, 3.05) is 24.3 Å². The summed E-state index contributed by atoms with van der Waals surface area (Å²) in [5, 5.41) is 9.70. The van der Waals surface area contributed by atoms with Gasteiger partial charge < -0.3 is 25.3 Å². The zero-order valence-electron chi connectivity index (χ0n) is 19.5. The Balaban J connectivity index is 1.37. The summed E-state index contributed by atoms with van der Waals surface area (Å²) in [5.41, 5.74) is 1.03. The zero-order chi connectivity index (χ0) is 23.3. The number of fused-ring (bicyclic) bond motifs is 1. The van der Waals surface area contributed by atoms with Crippen LogP contribution in [0.5, 0.6) is 5.75 Å². The molecule has 8 heteroatoms. The number of ether oxygens (including phenoxy) is 1. The van der Waals surface area contributed by atoms with Crippen LogP contribution >= 0.6 is 0 Å². The highest BCUT2D eigenvalue weighted by Gasteiger charge is 2.30. The predicted octanol–water partition coefficient (Wildman–Crippen LogP) is 4.31. The van der Waals surface area contributed by atoms with Gasteiger partial charge in [-0.2, -0.15) is 9.97 Å². The number of hydrogen-bond acceptors (Lipinski definition) is 6. The lowest BCUT2D eigenvalue weighted by atomic mass is 9.84. The van der Waals surface area contributed by atoms with E-state index in [2.05, 4.69) is 25.9 Å². The molecule has 178 valence electrons. The minimum Gasteiger partial charge on any atom is -0.491 e. The summed E-state index contributed by atoms with van der Waals surface area (Å²) in [5.74, 6) is 3.21. The second kappa shape index (κ2) is 10.2. The number of amides is 1. The van der Waals surface area contributed by atoms with Crippen LogP contribution in [0.1, 0.15) is 50.1 Å². The first-order chi connectivity index (χ1) is 16.7. The quantitative estimate of drug-likeness (QED) is 0.464. The fourth-order valence-electron chi connectivity index (χ4n) is 4.96. The Morgan fingerprint density at radius 2 is 1.91 bits per heavy atom. The Labute approximate surface area is 200 Å². The number of nitrogens with zero attached hydrogens (tertiary/aromatic N) is 3. The number of benzene rings is 1. The van der Waals surface area contributed by atoms with Crippen LogP contribution in [0.15, 0.2) is 54.9 Å². The maximum atomic E-state index is 13.6. The molecule has 1 aromatic carbocycles. The van der Waals surface area contributed by atoms with E-state index in [1.54, 1.807) is 7.05 Å². The summed E-state index contributed by atoms with van der Waals surface area (Å²) < 4.78 is 7.71. The molecule has 3 aromatic rings. The molecular formula is C26H32N6O2. The van der Waals surface area contributed by atoms with Gasteiger partial charge in [0, 0.05) is 31.1 Å². The van der Waals surface area contributed by atoms with Gasteiger partial charge in [-0.3, -0.25) is 4.79 Å². The Kier molecular flexibility index (Phi) is 6.65. The smallest absolute Gasteiger partial charge is 0.243 e. The summed E-state index contributed by atoms with van der Waals surface area (Å²) in [6.07, 6.45) is 10.7. The van der Waals surface area contributed by atoms with Crippen LogP contribution < -0.4 is 20.7 Å². The average Bonchev–Trinajstić information content (AvgIpc) is 3.55. The summed E-state index contributed by atoms with van der Waals surface area (Å²) >= 11 is 0. The zero-order valence-corrected chi connectivity index (χ0v) is 19.5. The lowest BCUT2D eigenvalue weighted by Gasteiger charge is -2.28. The van der Waals surface area contributed by atoms with Crippen molar-refractivity contribution in [1.82, 2.24) is 19.9 Å². The summed E-state index contributed by atoms with van der Waals surface area (Å²) in [7, 11) is 1.79. The monoisotopic (exact) mass is 460 g/mol. The molecule has 3 N–H and O–H groups in total. The van der Waals surface area contributed by atoms with Crippen LogP contribution in [0.3, 0.4) is 0 Å². The topological polar surface area (TPSA) is 93.1 Å². The Morgan fingerprint density at radius 3 is 2.71 bits per heavy atom. The van der Waals surface area contributed by atoms with Crippen molar-refractivity contribution in [2.24, 2.45) is 5.92 Å². The standard InChI is InChI=1S/C26H32N6O2/c1-27-26-30-23(16-24(31-26)32-13-7-8-14-32)28-20(15-18-9-3-2-4-10-18)25(33)29-21-17-34-22-12-6-5-11-19(21)22/h5-8,11-14,16,18,20-21H,2-4,9-10,15,17H2,1H3,(H,29,33)(H2,27,28,30,31)/t20-,21?/m1/s1. The Morgan fingerprint density at radius 1 is 1.12 bits per heavy atom. The van der Waals surface area contributed by atoms with E-state index in [1.807, 2.05) is 59.4 Å². The third-order valence-electron chi connectivity index (χ3n) is 6.75. The maximum Gasteiger partial charge on any atom is 0.243 e. The number of para-hydroxylation sites is 1. The van der Waals surface area contributed by atoms with Gasteiger partial charge in [-0.25, -0.2) is 0 Å². The number of nitrogens with one attached hydrogen (secondary N) is 3. The first-order valence-corrected chi connectivity index (χ1v) is 12.2. The third kappa shape index (κ3) is 5.00. The van der Waals surface area contributed by atoms with E-state index in [1.165, 1.54) is 32.1 Å². The molecule has 1 fully saturated rings. The second-order valence-electron chi connectivity index (χ2n) is 9.12. The van der Waals surface area contributed by atoms with Crippen LogP contribution in [-0.2, 0) is 4.79 Å². The van der Waals surface area contributed by atoms with Crippen molar-refractivity contribution >= 4 is 17.7 Å². The minimum absolute atomic E-state index is 0.0250. The Hall–Kier alpha value is -3.55. The van der Waals surface area contributed by atoms with Gasteiger partial charge in [0.15, 0.2) is 0 Å². The molecule has 2 aromatic heterocycles. The number of hydrogen-bond donors (Lipinski definition) is 3. The third-order valence-corrected chi connectivity index (χ3v) is 6.75. The van der Waals surface area contributed by atoms with Crippen LogP contribution in [0, 0.1) is 5.92 Å². The molecule has 1 amide bonds. The van der Waals surface area contributed by atoms with Crippen molar-refractivity contribution in [3.8, 4) is 11.6 Å². The molecule has 2 atom stereocenters. The van der Waals surface area contributed by atoms with Gasteiger partial charge in [-0.05, 0) is 30.5 Å². The predicted molar refractivity (Wildman–Crippen MR) is 132 cm³/mol. The summed E-state index contributed by atoms with van der Waals surface area (Å²) in [6.45, 7) is 0.455. The van der Waals surface area contributed by atoms with Crippen LogP contribution in [0.4, 0.5) is 11.8 Å². The molecule has 1 aliphatic heterocycles. The highest BCUT2D eigenvalue weighted by Crippen LogP contribution is 2.33. The minimum atomic E-state index is -0.395. The highest BCUT2D eigenvalue weighted by molar-refractivity contribution is 5.85. The summed E-state index contributed by atoms with van der Waals surface area (Å²) in [4.78, 5) is 22.7. The van der Waals surface area contributed by atoms with Gasteiger partial charge in [0.25, 0.3) is 0 Å². The van der Waals surface area contributed by atoms with Crippen molar-refractivity contribution in [3.63, 3.8) is 0 Å². The molecule has 2 aliphatic rings. The molecule has 1 aliphatic carbocycles. The molecule has 34 heavy (non-hydrogen) atoms. The molecule has 0 spiro atoms. The molecule has 8 nitrogen and oxygen atoms in total. The molecule has 1 unspecified atom stereocenters. The van der Waals surface area contributed by atoms with E-state index in [4.69, 9.17) is 4.74 Å². The number of carbonyl (C=O) groups is 1. The molecule has 5 rings (SSSR count). The van der Waals surface area contributed by atoms with Gasteiger partial charge in [-0.1, -0.05) is 50.3 Å². The molecule has 0 radical (unpaired) electrons. The molecule has 3 heterocycles. The van der Waals surface area contributed by atoms with Crippen LogP contribution in [0.2, 0.25) is 0 Å². The van der Waals surface area contributed by atoms with Gasteiger partial charge in [0.05, 0.1) is 6.04 Å². The van der Waals surface area contributed by atoms with Gasteiger partial charge in [0.1, 0.15) is 30.0 Å². The molecule has 0 bridgehead atoms. The second-order valence-corrected chi connectivity index (χ2v) is 9.12. The van der Waals surface area contributed by atoms with E-state index in [0.29, 0.717) is 24.3 Å². The van der Waals surface area contributed by atoms with Crippen molar-refractivity contribution < 1.29 is 9.53 Å². The number of carbonyl (C=O) groups excluding carboxylic acids is 1. The number of aromatic nitrogens is 3. The molecule has 1 saturated carbocycles. The van der Waals surface area contributed by atoms with E-state index in [9.17, 15) is 4.79 Å². The molecular weight excluding hydrogens is 428 g/mol. The summed E-state index contributed by atoms with van der Waals surface area (Å²) in [6, 6.07) is 13.1. The number of rotatable bonds is 8. The van der Waals surface area contributed by atoms with E-state index in [0.717, 1.165) is 23.6 Å². The van der Waals surface area contributed by atoms with Gasteiger partial charge in [0.2, 0.25) is 11.9 Å². The molecule has 0 saturated heterocycles. The normalized spacial score (nSPS) is 18.6.